The zero-order chi connectivity index (χ0) is 23.5. The van der Waals surface area contributed by atoms with Gasteiger partial charge in [-0.05, 0) is 60.7 Å². The Kier molecular flexibility index (Phi) is 10.8. The second-order valence-corrected chi connectivity index (χ2v) is 10.4. The predicted octanol–water partition coefficient (Wildman–Crippen LogP) is 2.17. The molecule has 4 aromatic carbocycles. The molecule has 0 fully saturated rings. The largest absolute Gasteiger partial charge is 1.00 e. The first kappa shape index (κ1) is 27.1. The first-order valence-electron chi connectivity index (χ1n) is 10.3. The van der Waals surface area contributed by atoms with E-state index in [-0.39, 0.29) is 11.5 Å². The van der Waals surface area contributed by atoms with Crippen LogP contribution in [-0.4, -0.2) is 21.4 Å². The molecule has 0 bridgehead atoms. The molecular formula is C26H24BF4O2P. The van der Waals surface area contributed by atoms with Gasteiger partial charge in [0, 0.05) is 7.11 Å². The third-order valence-electron chi connectivity index (χ3n) is 5.00. The highest BCUT2D eigenvalue weighted by Crippen LogP contribution is 2.54. The van der Waals surface area contributed by atoms with Crippen molar-refractivity contribution in [3.63, 3.8) is 0 Å². The monoisotopic (exact) mass is 486 g/mol. The molecule has 0 saturated heterocycles. The molecular weight excluding hydrogens is 462 g/mol. The summed E-state index contributed by atoms with van der Waals surface area (Å²) in [6.07, 6.45) is 0. The maximum absolute atomic E-state index is 9.67. The van der Waals surface area contributed by atoms with E-state index in [0.29, 0.717) is 0 Å². The van der Waals surface area contributed by atoms with E-state index < -0.39 is 14.8 Å². The fourth-order valence-electron chi connectivity index (χ4n) is 3.74. The Morgan fingerprint density at radius 1 is 0.588 bits per heavy atom. The maximum Gasteiger partial charge on any atom is 0.762 e. The Morgan fingerprint density at radius 3 is 1.24 bits per heavy atom. The van der Waals surface area contributed by atoms with Crippen LogP contribution in [0.4, 0.5) is 12.9 Å². The molecule has 0 N–H and O–H groups in total. The van der Waals surface area contributed by atoms with Crippen LogP contribution >= 0.6 is 7.26 Å². The van der Waals surface area contributed by atoms with E-state index in [4.69, 9.17) is 9.47 Å². The Labute approximate surface area is 198 Å². The fraction of sp³-hybridized carbons (Fsp3) is 0.0769. The Balaban J connectivity index is 0.000000758. The smallest absolute Gasteiger partial charge is 0.762 e. The highest BCUT2D eigenvalue weighted by atomic mass is 31.2. The lowest BCUT2D eigenvalue weighted by molar-refractivity contribution is -0.0000126. The number of rotatable bonds is 7. The van der Waals surface area contributed by atoms with E-state index in [1.54, 1.807) is 7.11 Å². The van der Waals surface area contributed by atoms with Gasteiger partial charge in [-0.25, -0.2) is 0 Å². The maximum atomic E-state index is 9.67. The average Bonchev–Trinajstić information content (AvgIpc) is 2.86. The molecule has 0 saturated carbocycles. The minimum absolute atomic E-state index is 0. The molecule has 0 aliphatic rings. The van der Waals surface area contributed by atoms with Crippen molar-refractivity contribution in [1.82, 2.24) is 0 Å². The minimum atomic E-state index is -3.67. The van der Waals surface area contributed by atoms with E-state index in [1.165, 1.54) is 21.2 Å². The first-order valence-corrected chi connectivity index (χ1v) is 12.1. The van der Waals surface area contributed by atoms with E-state index >= 15 is 0 Å². The van der Waals surface area contributed by atoms with Crippen LogP contribution in [0.3, 0.4) is 0 Å². The quantitative estimate of drug-likeness (QED) is 0.173. The molecule has 0 unspecified atom stereocenters. The second kappa shape index (κ2) is 13.5. The summed E-state index contributed by atoms with van der Waals surface area (Å²) in [5, 5.41) is 5.31. The van der Waals surface area contributed by atoms with E-state index in [1.807, 2.05) is 12.1 Å². The molecule has 4 rings (SSSR count). The van der Waals surface area contributed by atoms with Crippen molar-refractivity contribution in [2.24, 2.45) is 0 Å². The van der Waals surface area contributed by atoms with Gasteiger partial charge in [-0.1, -0.05) is 54.6 Å². The Morgan fingerprint density at radius 2 is 0.912 bits per heavy atom. The van der Waals surface area contributed by atoms with Gasteiger partial charge in [-0.15, -0.1) is 0 Å². The van der Waals surface area contributed by atoms with Crippen LogP contribution in [0.25, 0.3) is 0 Å². The summed E-state index contributed by atoms with van der Waals surface area (Å²) in [7, 11) is -4.07. The molecule has 0 atom stereocenters. The molecule has 0 heterocycles. The third-order valence-corrected chi connectivity index (χ3v) is 9.29. The summed E-state index contributed by atoms with van der Waals surface area (Å²) in [5.74, 6) is 0.808. The van der Waals surface area contributed by atoms with Gasteiger partial charge in [0.05, 0.1) is 0 Å². The zero-order valence-corrected chi connectivity index (χ0v) is 19.4. The van der Waals surface area contributed by atoms with Gasteiger partial charge in [0.15, 0.2) is 6.79 Å². The highest BCUT2D eigenvalue weighted by molar-refractivity contribution is 8.01. The summed E-state index contributed by atoms with van der Waals surface area (Å²) in [6, 6.07) is 41.0. The normalized spacial score (nSPS) is 10.4. The van der Waals surface area contributed by atoms with Gasteiger partial charge in [0.2, 0.25) is 0 Å². The van der Waals surface area contributed by atoms with E-state index in [9.17, 15) is 12.9 Å². The van der Waals surface area contributed by atoms with Crippen molar-refractivity contribution in [2.45, 2.75) is 0 Å². The van der Waals surface area contributed by atoms with Crippen molar-refractivity contribution in [1.29, 1.82) is 0 Å². The summed E-state index contributed by atoms with van der Waals surface area (Å²) >= 11 is 0. The molecule has 0 radical (unpaired) electrons. The number of hydrogen-bond acceptors (Lipinski definition) is 2. The lowest BCUT2D eigenvalue weighted by Crippen LogP contribution is -3.00. The molecule has 0 aromatic heterocycles. The van der Waals surface area contributed by atoms with Crippen LogP contribution in [0.5, 0.6) is 5.75 Å². The third kappa shape index (κ3) is 6.46. The van der Waals surface area contributed by atoms with Gasteiger partial charge in [0.1, 0.15) is 34.2 Å². The van der Waals surface area contributed by atoms with Crippen molar-refractivity contribution in [2.75, 3.05) is 13.9 Å². The number of benzene rings is 4. The van der Waals surface area contributed by atoms with Crippen LogP contribution < -0.4 is 30.7 Å². The number of halogens is 4. The molecule has 0 amide bonds. The molecule has 4 aromatic rings. The summed E-state index contributed by atoms with van der Waals surface area (Å²) in [5.41, 5.74) is 0. The van der Waals surface area contributed by atoms with Gasteiger partial charge < -0.3 is 14.2 Å². The number of ether oxygens (including phenoxy) is 2. The molecule has 2 nitrogen and oxygen atoms in total. The zero-order valence-electron chi connectivity index (χ0n) is 18.5. The van der Waals surface area contributed by atoms with Gasteiger partial charge in [-0.2, -0.15) is 0 Å². The van der Waals surface area contributed by atoms with Gasteiger partial charge in [-0.3, -0.25) is 12.9 Å². The van der Waals surface area contributed by atoms with Crippen molar-refractivity contribution < 1.29 is 27.1 Å². The summed E-state index contributed by atoms with van der Waals surface area (Å²) in [6.45, 7) is 0.246. The van der Waals surface area contributed by atoms with Gasteiger partial charge in [0.25, 0.3) is 0 Å². The SMILES string of the molecule is COCOc1ccc([P+](c2ccccc2)(c2ccccc2)c2ccccc2)cc1.FB(F)F.[F-]. The molecule has 8 heteroatoms. The van der Waals surface area contributed by atoms with Crippen LogP contribution in [0.15, 0.2) is 115 Å². The first-order chi connectivity index (χ1) is 16.1. The minimum Gasteiger partial charge on any atom is -1.00 e. The molecule has 0 aliphatic carbocycles. The van der Waals surface area contributed by atoms with Crippen LogP contribution in [0.2, 0.25) is 0 Å². The number of methoxy groups -OCH3 is 1. The highest BCUT2D eigenvalue weighted by Gasteiger charge is 2.47. The molecule has 0 aliphatic heterocycles. The predicted molar refractivity (Wildman–Crippen MR) is 133 cm³/mol. The van der Waals surface area contributed by atoms with Crippen molar-refractivity contribution in [3.8, 4) is 5.75 Å². The number of hydrogen-bond donors (Lipinski definition) is 0. The molecule has 0 spiro atoms. The van der Waals surface area contributed by atoms with Crippen LogP contribution in [-0.2, 0) is 4.74 Å². The fourth-order valence-corrected chi connectivity index (χ4v) is 7.99. The average molecular weight is 486 g/mol. The van der Waals surface area contributed by atoms with Crippen molar-refractivity contribution in [3.05, 3.63) is 115 Å². The summed E-state index contributed by atoms with van der Waals surface area (Å²) in [4.78, 5) is 0. The Bertz CT molecular complexity index is 987. The van der Waals surface area contributed by atoms with Gasteiger partial charge >= 0.3 is 7.54 Å². The molecule has 34 heavy (non-hydrogen) atoms. The standard InChI is InChI=1S/C26H24O2P.BF3.FH/c1-27-21-28-22-17-19-26(20-18-22)29(23-11-5-2-6-12-23,24-13-7-3-8-14-24)25-15-9-4-10-16-25;2-1(3)4;/h2-20H,21H2,1H3;;1H/q+1;;/p-1. The lowest BCUT2D eigenvalue weighted by Gasteiger charge is -2.27. The lowest BCUT2D eigenvalue weighted by atomic mass is 10.3. The van der Waals surface area contributed by atoms with Crippen molar-refractivity contribution >= 4 is 36.0 Å². The molecule has 176 valence electrons. The summed E-state index contributed by atoms with van der Waals surface area (Å²) < 4.78 is 39.7. The topological polar surface area (TPSA) is 18.5 Å². The van der Waals surface area contributed by atoms with Crippen LogP contribution in [0.1, 0.15) is 0 Å². The van der Waals surface area contributed by atoms with Crippen LogP contribution in [0, 0.1) is 0 Å². The Hall–Kier alpha value is -3.15. The second-order valence-electron chi connectivity index (χ2n) is 6.97. The van der Waals surface area contributed by atoms with E-state index in [0.717, 1.165) is 5.75 Å². The van der Waals surface area contributed by atoms with E-state index in [2.05, 4.69) is 103 Å².